The lowest BCUT2D eigenvalue weighted by molar-refractivity contribution is -0.111. The number of anilines is 3. The minimum atomic E-state index is -0.181. The van der Waals surface area contributed by atoms with Gasteiger partial charge in [-0.2, -0.15) is 0 Å². The number of piperazine rings is 1. The van der Waals surface area contributed by atoms with Gasteiger partial charge in [-0.1, -0.05) is 26.0 Å². The molecule has 1 amide bonds. The minimum absolute atomic E-state index is 0.181. The third kappa shape index (κ3) is 6.94. The first-order valence-corrected chi connectivity index (χ1v) is 13.8. The molecule has 5 rings (SSSR count). The van der Waals surface area contributed by atoms with E-state index < -0.39 is 0 Å². The SMILES string of the molecule is Cc1cc(N2CCN(c3ncccn3)CC2)nc2ccc(NC(=O)C=Cc3ccc(OCCC(C)C)cc3)cc12. The van der Waals surface area contributed by atoms with Crippen molar-refractivity contribution in [3.63, 3.8) is 0 Å². The zero-order chi connectivity index (χ0) is 27.9. The molecule has 0 saturated carbocycles. The van der Waals surface area contributed by atoms with Gasteiger partial charge >= 0.3 is 0 Å². The number of amides is 1. The number of nitrogens with one attached hydrogen (secondary N) is 1. The standard InChI is InChI=1S/C32H36N6O2/c1-23(2)13-20-40-27-9-5-25(6-10-27)7-12-31(39)35-26-8-11-29-28(22-26)24(3)21-30(36-29)37-16-18-38(19-17-37)32-33-14-4-15-34-32/h4-12,14-15,21-23H,13,16-20H2,1-3H3,(H,35,39). The molecule has 1 saturated heterocycles. The first kappa shape index (κ1) is 27.1. The first-order valence-electron chi connectivity index (χ1n) is 13.8. The van der Waals surface area contributed by atoms with Crippen LogP contribution in [0.15, 0.2) is 73.1 Å². The van der Waals surface area contributed by atoms with Crippen molar-refractivity contribution in [2.24, 2.45) is 5.92 Å². The lowest BCUT2D eigenvalue weighted by Gasteiger charge is -2.35. The van der Waals surface area contributed by atoms with E-state index in [1.807, 2.05) is 48.5 Å². The van der Waals surface area contributed by atoms with Crippen molar-refractivity contribution in [3.8, 4) is 5.75 Å². The Bertz CT molecular complexity index is 1460. The minimum Gasteiger partial charge on any atom is -0.494 e. The fourth-order valence-corrected chi connectivity index (χ4v) is 4.65. The molecule has 40 heavy (non-hydrogen) atoms. The summed E-state index contributed by atoms with van der Waals surface area (Å²) in [6.07, 6.45) is 7.93. The Labute approximate surface area is 235 Å². The van der Waals surface area contributed by atoms with E-state index in [2.05, 4.69) is 51.9 Å². The Balaban J connectivity index is 1.18. The average Bonchev–Trinajstić information content (AvgIpc) is 2.97. The van der Waals surface area contributed by atoms with E-state index in [1.54, 1.807) is 24.5 Å². The summed E-state index contributed by atoms with van der Waals surface area (Å²) in [5, 5.41) is 4.00. The molecule has 0 aliphatic carbocycles. The van der Waals surface area contributed by atoms with E-state index in [0.29, 0.717) is 12.5 Å². The summed E-state index contributed by atoms with van der Waals surface area (Å²) in [4.78, 5) is 30.8. The van der Waals surface area contributed by atoms with Crippen LogP contribution in [0.4, 0.5) is 17.5 Å². The van der Waals surface area contributed by atoms with Gasteiger partial charge < -0.3 is 19.9 Å². The lowest BCUT2D eigenvalue weighted by Crippen LogP contribution is -2.47. The fourth-order valence-electron chi connectivity index (χ4n) is 4.65. The van der Waals surface area contributed by atoms with Crippen LogP contribution >= 0.6 is 0 Å². The molecule has 8 nitrogen and oxygen atoms in total. The largest absolute Gasteiger partial charge is 0.494 e. The summed E-state index contributed by atoms with van der Waals surface area (Å²) in [7, 11) is 0. The Morgan fingerprint density at radius 3 is 2.45 bits per heavy atom. The van der Waals surface area contributed by atoms with Gasteiger partial charge in [0.05, 0.1) is 12.1 Å². The number of hydrogen-bond acceptors (Lipinski definition) is 7. The number of carbonyl (C=O) groups is 1. The predicted octanol–water partition coefficient (Wildman–Crippen LogP) is 5.74. The van der Waals surface area contributed by atoms with Crippen LogP contribution in [-0.2, 0) is 4.79 Å². The highest BCUT2D eigenvalue weighted by Crippen LogP contribution is 2.26. The number of ether oxygens (including phenoxy) is 1. The molecule has 0 bridgehead atoms. The monoisotopic (exact) mass is 536 g/mol. The second-order valence-electron chi connectivity index (χ2n) is 10.5. The highest BCUT2D eigenvalue weighted by molar-refractivity contribution is 6.03. The van der Waals surface area contributed by atoms with Crippen LogP contribution in [0.1, 0.15) is 31.4 Å². The van der Waals surface area contributed by atoms with Crippen molar-refractivity contribution in [1.29, 1.82) is 0 Å². The zero-order valence-electron chi connectivity index (χ0n) is 23.4. The highest BCUT2D eigenvalue weighted by atomic mass is 16.5. The number of pyridine rings is 1. The van der Waals surface area contributed by atoms with Crippen LogP contribution in [-0.4, -0.2) is 53.6 Å². The van der Waals surface area contributed by atoms with Crippen LogP contribution in [0.25, 0.3) is 17.0 Å². The van der Waals surface area contributed by atoms with Crippen molar-refractivity contribution in [2.45, 2.75) is 27.2 Å². The van der Waals surface area contributed by atoms with Gasteiger partial charge in [-0.15, -0.1) is 0 Å². The molecule has 1 N–H and O–H groups in total. The van der Waals surface area contributed by atoms with E-state index >= 15 is 0 Å². The van der Waals surface area contributed by atoms with Crippen LogP contribution in [0.3, 0.4) is 0 Å². The summed E-state index contributed by atoms with van der Waals surface area (Å²) in [5.41, 5.74) is 3.71. The summed E-state index contributed by atoms with van der Waals surface area (Å²) in [6, 6.07) is 17.6. The molecule has 0 radical (unpaired) electrons. The zero-order valence-corrected chi connectivity index (χ0v) is 23.4. The van der Waals surface area contributed by atoms with Gasteiger partial charge in [-0.25, -0.2) is 15.0 Å². The maximum atomic E-state index is 12.6. The normalized spacial score (nSPS) is 13.8. The predicted molar refractivity (Wildman–Crippen MR) is 162 cm³/mol. The summed E-state index contributed by atoms with van der Waals surface area (Å²) in [5.74, 6) is 3.02. The number of rotatable bonds is 9. The van der Waals surface area contributed by atoms with Gasteiger partial charge in [0.1, 0.15) is 11.6 Å². The van der Waals surface area contributed by atoms with Crippen LogP contribution in [0, 0.1) is 12.8 Å². The topological polar surface area (TPSA) is 83.5 Å². The molecule has 1 aliphatic heterocycles. The molecule has 3 heterocycles. The van der Waals surface area contributed by atoms with Gasteiger partial charge in [0.25, 0.3) is 0 Å². The molecule has 0 atom stereocenters. The van der Waals surface area contributed by atoms with Gasteiger partial charge in [-0.3, -0.25) is 4.79 Å². The smallest absolute Gasteiger partial charge is 0.248 e. The first-order chi connectivity index (χ1) is 19.4. The van der Waals surface area contributed by atoms with Gasteiger partial charge in [0.2, 0.25) is 11.9 Å². The van der Waals surface area contributed by atoms with Crippen molar-refractivity contribution >= 4 is 40.3 Å². The maximum Gasteiger partial charge on any atom is 0.248 e. The average molecular weight is 537 g/mol. The molecule has 0 unspecified atom stereocenters. The number of benzene rings is 2. The molecular weight excluding hydrogens is 500 g/mol. The number of aromatic nitrogens is 3. The summed E-state index contributed by atoms with van der Waals surface area (Å²) < 4.78 is 5.77. The van der Waals surface area contributed by atoms with Crippen LogP contribution in [0.2, 0.25) is 0 Å². The highest BCUT2D eigenvalue weighted by Gasteiger charge is 2.20. The number of fused-ring (bicyclic) bond motifs is 1. The third-order valence-corrected chi connectivity index (χ3v) is 6.98. The maximum absolute atomic E-state index is 12.6. The van der Waals surface area contributed by atoms with E-state index in [1.165, 1.54) is 0 Å². The number of hydrogen-bond donors (Lipinski definition) is 1. The van der Waals surface area contributed by atoms with Crippen LogP contribution in [0.5, 0.6) is 5.75 Å². The molecule has 206 valence electrons. The molecule has 4 aromatic rings. The second-order valence-corrected chi connectivity index (χ2v) is 10.5. The molecule has 0 spiro atoms. The number of carbonyl (C=O) groups excluding carboxylic acids is 1. The summed E-state index contributed by atoms with van der Waals surface area (Å²) >= 11 is 0. The second kappa shape index (κ2) is 12.6. The van der Waals surface area contributed by atoms with E-state index in [4.69, 9.17) is 9.72 Å². The molecule has 2 aromatic heterocycles. The Kier molecular flexibility index (Phi) is 8.54. The lowest BCUT2D eigenvalue weighted by atomic mass is 10.1. The summed E-state index contributed by atoms with van der Waals surface area (Å²) in [6.45, 7) is 10.5. The Morgan fingerprint density at radius 2 is 1.73 bits per heavy atom. The van der Waals surface area contributed by atoms with Crippen molar-refractivity contribution < 1.29 is 9.53 Å². The Hall–Kier alpha value is -4.46. The van der Waals surface area contributed by atoms with Crippen LogP contribution < -0.4 is 19.9 Å². The third-order valence-electron chi connectivity index (χ3n) is 6.98. The molecular formula is C32H36N6O2. The molecule has 1 aliphatic rings. The van der Waals surface area contributed by atoms with E-state index in [0.717, 1.165) is 77.8 Å². The van der Waals surface area contributed by atoms with E-state index in [9.17, 15) is 4.79 Å². The molecule has 2 aromatic carbocycles. The number of nitrogens with zero attached hydrogens (tertiary/aromatic N) is 5. The van der Waals surface area contributed by atoms with E-state index in [-0.39, 0.29) is 5.91 Å². The molecule has 1 fully saturated rings. The number of aryl methyl sites for hydroxylation is 1. The van der Waals surface area contributed by atoms with Gasteiger partial charge in [0, 0.05) is 55.7 Å². The fraction of sp³-hybridized carbons (Fsp3) is 0.312. The van der Waals surface area contributed by atoms with Gasteiger partial charge in [0.15, 0.2) is 0 Å². The molecule has 8 heteroatoms. The van der Waals surface area contributed by atoms with Crippen molar-refractivity contribution in [1.82, 2.24) is 15.0 Å². The van der Waals surface area contributed by atoms with Crippen molar-refractivity contribution in [2.75, 3.05) is 47.9 Å². The quantitative estimate of drug-likeness (QED) is 0.273. The van der Waals surface area contributed by atoms with Gasteiger partial charge in [-0.05, 0) is 78.9 Å². The Morgan fingerprint density at radius 1 is 1.00 bits per heavy atom. The van der Waals surface area contributed by atoms with Crippen molar-refractivity contribution in [3.05, 3.63) is 84.2 Å².